The van der Waals surface area contributed by atoms with Crippen molar-refractivity contribution in [3.8, 4) is 11.4 Å². The molecule has 1 heterocycles. The van der Waals surface area contributed by atoms with Crippen LogP contribution in [-0.2, 0) is 6.42 Å². The summed E-state index contributed by atoms with van der Waals surface area (Å²) in [5, 5.41) is 0.916. The van der Waals surface area contributed by atoms with E-state index in [0.717, 1.165) is 29.5 Å². The quantitative estimate of drug-likeness (QED) is 0.716. The molecule has 0 aliphatic heterocycles. The minimum Gasteiger partial charge on any atom is -0.216 e. The first-order valence-electron chi connectivity index (χ1n) is 6.74. The van der Waals surface area contributed by atoms with E-state index >= 15 is 0 Å². The van der Waals surface area contributed by atoms with Gasteiger partial charge in [0.2, 0.25) is 0 Å². The lowest BCUT2D eigenvalue weighted by atomic mass is 10.0. The summed E-state index contributed by atoms with van der Waals surface area (Å²) >= 11 is 12.5. The van der Waals surface area contributed by atoms with Crippen molar-refractivity contribution in [1.29, 1.82) is 0 Å². The summed E-state index contributed by atoms with van der Waals surface area (Å²) in [5.41, 5.74) is 5.41. The molecule has 1 aromatic heterocycles. The highest BCUT2D eigenvalue weighted by Gasteiger charge is 2.14. The first-order valence-corrected chi connectivity index (χ1v) is 7.49. The van der Waals surface area contributed by atoms with Gasteiger partial charge in [-0.15, -0.1) is 0 Å². The number of hydrogen-bond donors (Lipinski definition) is 0. The monoisotopic (exact) mass is 308 g/mol. The summed E-state index contributed by atoms with van der Waals surface area (Å²) in [6, 6.07) is 4.22. The zero-order valence-electron chi connectivity index (χ0n) is 12.2. The highest BCUT2D eigenvalue weighted by molar-refractivity contribution is 6.34. The van der Waals surface area contributed by atoms with E-state index in [4.69, 9.17) is 23.2 Å². The van der Waals surface area contributed by atoms with Gasteiger partial charge >= 0.3 is 0 Å². The second-order valence-corrected chi connectivity index (χ2v) is 5.82. The fraction of sp³-hybridized carbons (Fsp3) is 0.375. The molecule has 0 saturated heterocycles. The molecule has 0 spiro atoms. The largest absolute Gasteiger partial charge is 0.216 e. The van der Waals surface area contributed by atoms with Crippen LogP contribution in [0.5, 0.6) is 0 Å². The van der Waals surface area contributed by atoms with Gasteiger partial charge in [0.25, 0.3) is 0 Å². The standard InChI is InChI=1S/C16H18Cl2N2/c1-5-6-12-14(17)19-16(20-15(12)18)13-8-10(3)9(2)7-11(13)4/h7-8H,5-6H2,1-4H3. The van der Waals surface area contributed by atoms with Crippen LogP contribution in [0.15, 0.2) is 12.1 Å². The van der Waals surface area contributed by atoms with E-state index in [1.54, 1.807) is 0 Å². The smallest absolute Gasteiger partial charge is 0.162 e. The number of rotatable bonds is 3. The summed E-state index contributed by atoms with van der Waals surface area (Å²) in [6.45, 7) is 8.30. The molecule has 1 aromatic carbocycles. The maximum absolute atomic E-state index is 6.25. The Balaban J connectivity index is 2.57. The van der Waals surface area contributed by atoms with Gasteiger partial charge in [0.15, 0.2) is 5.82 Å². The van der Waals surface area contributed by atoms with Crippen molar-refractivity contribution in [2.24, 2.45) is 0 Å². The van der Waals surface area contributed by atoms with Gasteiger partial charge in [-0.3, -0.25) is 0 Å². The van der Waals surface area contributed by atoms with Gasteiger partial charge in [0, 0.05) is 11.1 Å². The van der Waals surface area contributed by atoms with Crippen molar-refractivity contribution in [2.75, 3.05) is 0 Å². The molecule has 0 fully saturated rings. The third-order valence-corrected chi connectivity index (χ3v) is 4.11. The number of benzene rings is 1. The number of aryl methyl sites for hydroxylation is 3. The molecule has 0 amide bonds. The second kappa shape index (κ2) is 6.11. The van der Waals surface area contributed by atoms with Crippen LogP contribution >= 0.6 is 23.2 Å². The molecule has 20 heavy (non-hydrogen) atoms. The number of halogens is 2. The first kappa shape index (κ1) is 15.3. The maximum Gasteiger partial charge on any atom is 0.162 e. The SMILES string of the molecule is CCCc1c(Cl)nc(-c2cc(C)c(C)cc2C)nc1Cl. The molecular weight excluding hydrogens is 291 g/mol. The minimum atomic E-state index is 0.458. The van der Waals surface area contributed by atoms with Gasteiger partial charge in [-0.1, -0.05) is 42.6 Å². The third kappa shape index (κ3) is 2.97. The molecule has 0 aliphatic rings. The van der Waals surface area contributed by atoms with Gasteiger partial charge in [0.1, 0.15) is 10.3 Å². The Bertz CT molecular complexity index is 628. The Morgan fingerprint density at radius 1 is 0.900 bits per heavy atom. The fourth-order valence-electron chi connectivity index (χ4n) is 2.21. The Hall–Kier alpha value is -1.12. The zero-order valence-corrected chi connectivity index (χ0v) is 13.7. The summed E-state index contributed by atoms with van der Waals surface area (Å²) < 4.78 is 0. The van der Waals surface area contributed by atoms with Crippen LogP contribution in [0.25, 0.3) is 11.4 Å². The number of aromatic nitrogens is 2. The highest BCUT2D eigenvalue weighted by Crippen LogP contribution is 2.29. The molecule has 0 bridgehead atoms. The van der Waals surface area contributed by atoms with Gasteiger partial charge < -0.3 is 0 Å². The summed E-state index contributed by atoms with van der Waals surface area (Å²) in [6.07, 6.45) is 1.76. The minimum absolute atomic E-state index is 0.458. The average Bonchev–Trinajstić information content (AvgIpc) is 2.38. The van der Waals surface area contributed by atoms with Crippen molar-refractivity contribution in [2.45, 2.75) is 40.5 Å². The molecule has 0 radical (unpaired) electrons. The lowest BCUT2D eigenvalue weighted by Gasteiger charge is -2.11. The number of hydrogen-bond acceptors (Lipinski definition) is 2. The second-order valence-electron chi connectivity index (χ2n) is 5.11. The van der Waals surface area contributed by atoms with E-state index in [-0.39, 0.29) is 0 Å². The van der Waals surface area contributed by atoms with Crippen LogP contribution in [0, 0.1) is 20.8 Å². The van der Waals surface area contributed by atoms with E-state index in [9.17, 15) is 0 Å². The van der Waals surface area contributed by atoms with E-state index < -0.39 is 0 Å². The third-order valence-electron chi connectivity index (χ3n) is 3.49. The number of nitrogens with zero attached hydrogens (tertiary/aromatic N) is 2. The fourth-order valence-corrected chi connectivity index (χ4v) is 2.79. The predicted molar refractivity (Wildman–Crippen MR) is 85.7 cm³/mol. The molecule has 0 saturated carbocycles. The molecule has 2 rings (SSSR count). The van der Waals surface area contributed by atoms with Gasteiger partial charge in [-0.25, -0.2) is 9.97 Å². The predicted octanol–water partition coefficient (Wildman–Crippen LogP) is 5.33. The first-order chi connectivity index (χ1) is 9.43. The van der Waals surface area contributed by atoms with Gasteiger partial charge in [-0.05, 0) is 49.9 Å². The Labute approximate surface area is 130 Å². The van der Waals surface area contributed by atoms with Crippen molar-refractivity contribution >= 4 is 23.2 Å². The molecule has 4 heteroatoms. The van der Waals surface area contributed by atoms with E-state index in [0.29, 0.717) is 16.1 Å². The highest BCUT2D eigenvalue weighted by atomic mass is 35.5. The Kier molecular flexibility index (Phi) is 4.66. The molecule has 2 nitrogen and oxygen atoms in total. The van der Waals surface area contributed by atoms with Crippen LogP contribution in [0.4, 0.5) is 0 Å². The maximum atomic E-state index is 6.25. The Morgan fingerprint density at radius 2 is 1.45 bits per heavy atom. The van der Waals surface area contributed by atoms with Crippen LogP contribution < -0.4 is 0 Å². The Morgan fingerprint density at radius 3 is 2.00 bits per heavy atom. The zero-order chi connectivity index (χ0) is 14.9. The lowest BCUT2D eigenvalue weighted by Crippen LogP contribution is -1.99. The average molecular weight is 309 g/mol. The molecule has 0 atom stereocenters. The van der Waals surface area contributed by atoms with Gasteiger partial charge in [-0.2, -0.15) is 0 Å². The lowest BCUT2D eigenvalue weighted by molar-refractivity contribution is 0.902. The van der Waals surface area contributed by atoms with E-state index in [1.807, 2.05) is 6.92 Å². The molecule has 2 aromatic rings. The van der Waals surface area contributed by atoms with Crippen molar-refractivity contribution < 1.29 is 0 Å². The van der Waals surface area contributed by atoms with Crippen LogP contribution in [-0.4, -0.2) is 9.97 Å². The summed E-state index contributed by atoms with van der Waals surface area (Å²) in [7, 11) is 0. The molecule has 0 unspecified atom stereocenters. The van der Waals surface area contributed by atoms with Crippen LogP contribution in [0.2, 0.25) is 10.3 Å². The molecule has 0 aliphatic carbocycles. The molecule has 0 N–H and O–H groups in total. The normalized spacial score (nSPS) is 10.9. The topological polar surface area (TPSA) is 25.8 Å². The molecular formula is C16H18Cl2N2. The van der Waals surface area contributed by atoms with Gasteiger partial charge in [0.05, 0.1) is 0 Å². The van der Waals surface area contributed by atoms with E-state index in [1.165, 1.54) is 11.1 Å². The van der Waals surface area contributed by atoms with Crippen LogP contribution in [0.3, 0.4) is 0 Å². The van der Waals surface area contributed by atoms with Crippen molar-refractivity contribution in [3.63, 3.8) is 0 Å². The molecule has 106 valence electrons. The van der Waals surface area contributed by atoms with Crippen molar-refractivity contribution in [1.82, 2.24) is 9.97 Å². The summed E-state index contributed by atoms with van der Waals surface area (Å²) in [4.78, 5) is 8.85. The van der Waals surface area contributed by atoms with E-state index in [2.05, 4.69) is 42.9 Å². The van der Waals surface area contributed by atoms with Crippen molar-refractivity contribution in [3.05, 3.63) is 44.7 Å². The van der Waals surface area contributed by atoms with Crippen LogP contribution in [0.1, 0.15) is 35.6 Å². The summed E-state index contributed by atoms with van der Waals surface area (Å²) in [5.74, 6) is 0.598.